The van der Waals surface area contributed by atoms with Crippen LogP contribution in [0.2, 0.25) is 0 Å². The Hall–Kier alpha value is -2.43. The summed E-state index contributed by atoms with van der Waals surface area (Å²) in [6, 6.07) is 10.6. The Morgan fingerprint density at radius 1 is 1.00 bits per heavy atom. The molecule has 26 heavy (non-hydrogen) atoms. The average molecular weight is 353 g/mol. The van der Waals surface area contributed by atoms with Crippen molar-refractivity contribution in [2.24, 2.45) is 0 Å². The first-order valence-corrected chi connectivity index (χ1v) is 9.39. The zero-order chi connectivity index (χ0) is 18.0. The number of carbonyl (C=O) groups excluding carboxylic acids is 1. The fraction of sp³-hybridized carbons (Fsp3) is 0.429. The first kappa shape index (κ1) is 17.0. The first-order valence-electron chi connectivity index (χ1n) is 9.39. The largest absolute Gasteiger partial charge is 0.368 e. The van der Waals surface area contributed by atoms with E-state index in [1.165, 1.54) is 6.07 Å². The number of carbonyl (C=O) groups is 1. The van der Waals surface area contributed by atoms with Gasteiger partial charge in [-0.05, 0) is 42.7 Å². The maximum atomic E-state index is 13.8. The van der Waals surface area contributed by atoms with Crippen molar-refractivity contribution < 1.29 is 9.18 Å². The number of anilines is 1. The van der Waals surface area contributed by atoms with Crippen LogP contribution in [-0.2, 0) is 10.2 Å². The lowest BCUT2D eigenvalue weighted by molar-refractivity contribution is -0.137. The normalized spacial score (nSPS) is 19.6. The lowest BCUT2D eigenvalue weighted by Crippen LogP contribution is -2.54. The number of pyridine rings is 1. The van der Waals surface area contributed by atoms with Crippen LogP contribution < -0.4 is 4.90 Å². The van der Waals surface area contributed by atoms with Gasteiger partial charge in [0.25, 0.3) is 0 Å². The summed E-state index contributed by atoms with van der Waals surface area (Å²) in [5.74, 6) is -0.0842. The number of hydrogen-bond acceptors (Lipinski definition) is 3. The second-order valence-electron chi connectivity index (χ2n) is 7.28. The molecule has 1 aromatic carbocycles. The molecule has 0 spiro atoms. The molecule has 136 valence electrons. The Labute approximate surface area is 153 Å². The number of rotatable bonds is 3. The van der Waals surface area contributed by atoms with Gasteiger partial charge in [-0.1, -0.05) is 25.0 Å². The molecule has 2 aliphatic rings. The topological polar surface area (TPSA) is 36.4 Å². The van der Waals surface area contributed by atoms with Gasteiger partial charge >= 0.3 is 0 Å². The van der Waals surface area contributed by atoms with Crippen molar-refractivity contribution in [3.63, 3.8) is 0 Å². The number of halogens is 1. The molecule has 4 rings (SSSR count). The van der Waals surface area contributed by atoms with Crippen molar-refractivity contribution in [3.8, 4) is 0 Å². The SMILES string of the molecule is O=C(N1CCN(c2ccncc2)CC1)C1(c2cccc(F)c2)CCCC1. The monoisotopic (exact) mass is 353 g/mol. The number of amides is 1. The lowest BCUT2D eigenvalue weighted by atomic mass is 9.77. The molecule has 1 amide bonds. The third-order valence-electron chi connectivity index (χ3n) is 5.84. The van der Waals surface area contributed by atoms with Crippen molar-refractivity contribution in [1.82, 2.24) is 9.88 Å². The predicted octanol–water partition coefficient (Wildman–Crippen LogP) is 3.38. The van der Waals surface area contributed by atoms with E-state index in [-0.39, 0.29) is 11.7 Å². The second kappa shape index (κ2) is 7.06. The maximum Gasteiger partial charge on any atom is 0.233 e. The Morgan fingerprint density at radius 3 is 2.35 bits per heavy atom. The minimum atomic E-state index is -0.541. The molecule has 2 heterocycles. The minimum absolute atomic E-state index is 0.176. The van der Waals surface area contributed by atoms with Gasteiger partial charge in [0, 0.05) is 44.3 Å². The second-order valence-corrected chi connectivity index (χ2v) is 7.28. The van der Waals surface area contributed by atoms with Gasteiger partial charge in [-0.15, -0.1) is 0 Å². The molecule has 0 bridgehead atoms. The van der Waals surface area contributed by atoms with Gasteiger partial charge in [0.2, 0.25) is 5.91 Å². The van der Waals surface area contributed by atoms with Gasteiger partial charge in [-0.2, -0.15) is 0 Å². The molecule has 1 aromatic heterocycles. The van der Waals surface area contributed by atoms with Crippen LogP contribution in [0.3, 0.4) is 0 Å². The molecule has 2 aromatic rings. The van der Waals surface area contributed by atoms with E-state index in [1.807, 2.05) is 23.1 Å². The van der Waals surface area contributed by atoms with Gasteiger partial charge in [0.05, 0.1) is 5.41 Å². The smallest absolute Gasteiger partial charge is 0.233 e. The third-order valence-corrected chi connectivity index (χ3v) is 5.84. The van der Waals surface area contributed by atoms with Gasteiger partial charge in [0.1, 0.15) is 5.82 Å². The standard InChI is InChI=1S/C21H24FN3O/c22-18-5-3-4-17(16-18)21(8-1-2-9-21)20(26)25-14-12-24(13-15-25)19-6-10-23-11-7-19/h3-7,10-11,16H,1-2,8-9,12-15H2. The fourth-order valence-electron chi connectivity index (χ4n) is 4.42. The number of benzene rings is 1. The molecule has 0 unspecified atom stereocenters. The molecule has 0 radical (unpaired) electrons. The Bertz CT molecular complexity index is 766. The van der Waals surface area contributed by atoms with Crippen LogP contribution in [0.4, 0.5) is 10.1 Å². The summed E-state index contributed by atoms with van der Waals surface area (Å²) in [7, 11) is 0. The molecular formula is C21H24FN3O. The van der Waals surface area contributed by atoms with Crippen LogP contribution in [-0.4, -0.2) is 42.0 Å². The summed E-state index contributed by atoms with van der Waals surface area (Å²) < 4.78 is 13.8. The highest BCUT2D eigenvalue weighted by Gasteiger charge is 2.45. The summed E-state index contributed by atoms with van der Waals surface area (Å²) in [6.07, 6.45) is 7.28. The minimum Gasteiger partial charge on any atom is -0.368 e. The molecule has 2 fully saturated rings. The lowest BCUT2D eigenvalue weighted by Gasteiger charge is -2.40. The highest BCUT2D eigenvalue weighted by atomic mass is 19.1. The molecule has 4 nitrogen and oxygen atoms in total. The molecule has 1 saturated carbocycles. The molecule has 1 aliphatic heterocycles. The van der Waals surface area contributed by atoms with E-state index in [1.54, 1.807) is 24.5 Å². The number of hydrogen-bond donors (Lipinski definition) is 0. The zero-order valence-corrected chi connectivity index (χ0v) is 14.9. The van der Waals surface area contributed by atoms with E-state index in [0.29, 0.717) is 13.1 Å². The first-order chi connectivity index (χ1) is 12.7. The Morgan fingerprint density at radius 2 is 1.69 bits per heavy atom. The summed E-state index contributed by atoms with van der Waals surface area (Å²) >= 11 is 0. The van der Waals surface area contributed by atoms with Crippen LogP contribution in [0.5, 0.6) is 0 Å². The molecular weight excluding hydrogens is 329 g/mol. The zero-order valence-electron chi connectivity index (χ0n) is 14.9. The molecule has 1 saturated heterocycles. The number of aromatic nitrogens is 1. The van der Waals surface area contributed by atoms with Crippen molar-refractivity contribution in [1.29, 1.82) is 0 Å². The van der Waals surface area contributed by atoms with Crippen molar-refractivity contribution in [2.45, 2.75) is 31.1 Å². The molecule has 0 N–H and O–H groups in total. The van der Waals surface area contributed by atoms with Crippen molar-refractivity contribution in [2.75, 3.05) is 31.1 Å². The Kier molecular flexibility index (Phi) is 4.62. The van der Waals surface area contributed by atoms with E-state index in [0.717, 1.165) is 50.0 Å². The summed E-state index contributed by atoms with van der Waals surface area (Å²) in [5.41, 5.74) is 1.45. The fourth-order valence-corrected chi connectivity index (χ4v) is 4.42. The van der Waals surface area contributed by atoms with Gasteiger partial charge < -0.3 is 9.80 Å². The molecule has 0 atom stereocenters. The number of nitrogens with zero attached hydrogens (tertiary/aromatic N) is 3. The number of piperazine rings is 1. The van der Waals surface area contributed by atoms with Crippen LogP contribution in [0.1, 0.15) is 31.2 Å². The Balaban J connectivity index is 1.51. The summed E-state index contributed by atoms with van der Waals surface area (Å²) in [5, 5.41) is 0. The van der Waals surface area contributed by atoms with Crippen LogP contribution in [0.25, 0.3) is 0 Å². The summed E-state index contributed by atoms with van der Waals surface area (Å²) in [6.45, 7) is 3.04. The third kappa shape index (κ3) is 3.06. The van der Waals surface area contributed by atoms with Crippen molar-refractivity contribution >= 4 is 11.6 Å². The van der Waals surface area contributed by atoms with Crippen LogP contribution >= 0.6 is 0 Å². The maximum absolute atomic E-state index is 13.8. The van der Waals surface area contributed by atoms with Crippen LogP contribution in [0.15, 0.2) is 48.8 Å². The van der Waals surface area contributed by atoms with Gasteiger partial charge in [-0.3, -0.25) is 9.78 Å². The van der Waals surface area contributed by atoms with Crippen LogP contribution in [0, 0.1) is 5.82 Å². The van der Waals surface area contributed by atoms with E-state index in [2.05, 4.69) is 9.88 Å². The summed E-state index contributed by atoms with van der Waals surface area (Å²) in [4.78, 5) is 21.8. The molecule has 5 heteroatoms. The quantitative estimate of drug-likeness (QED) is 0.849. The predicted molar refractivity (Wildman–Crippen MR) is 99.6 cm³/mol. The van der Waals surface area contributed by atoms with E-state index in [4.69, 9.17) is 0 Å². The van der Waals surface area contributed by atoms with Crippen molar-refractivity contribution in [3.05, 3.63) is 60.2 Å². The molecule has 1 aliphatic carbocycles. The van der Waals surface area contributed by atoms with E-state index < -0.39 is 5.41 Å². The highest BCUT2D eigenvalue weighted by molar-refractivity contribution is 5.89. The highest BCUT2D eigenvalue weighted by Crippen LogP contribution is 2.43. The van der Waals surface area contributed by atoms with Gasteiger partial charge in [0.15, 0.2) is 0 Å². The van der Waals surface area contributed by atoms with E-state index >= 15 is 0 Å². The van der Waals surface area contributed by atoms with E-state index in [9.17, 15) is 9.18 Å². The average Bonchev–Trinajstić information content (AvgIpc) is 3.19. The van der Waals surface area contributed by atoms with Gasteiger partial charge in [-0.25, -0.2) is 4.39 Å².